The van der Waals surface area contributed by atoms with Gasteiger partial charge in [0.25, 0.3) is 17.3 Å². The van der Waals surface area contributed by atoms with E-state index in [2.05, 4.69) is 0 Å². The quantitative estimate of drug-likeness (QED) is 0.614. The average molecular weight is 349 g/mol. The van der Waals surface area contributed by atoms with Crippen LogP contribution in [0.2, 0.25) is 0 Å². The molecular weight excluding hydrogens is 338 g/mol. The molecule has 0 unspecified atom stereocenters. The van der Waals surface area contributed by atoms with Crippen molar-refractivity contribution in [3.05, 3.63) is 68.1 Å². The summed E-state index contributed by atoms with van der Waals surface area (Å²) in [6, 6.07) is 6.38. The molecule has 0 bridgehead atoms. The number of benzene rings is 1. The summed E-state index contributed by atoms with van der Waals surface area (Å²) in [5.41, 5.74) is -1.07. The molecule has 2 aromatic rings. The van der Waals surface area contributed by atoms with Gasteiger partial charge in [0.2, 0.25) is 0 Å². The van der Waals surface area contributed by atoms with Crippen molar-refractivity contribution in [2.45, 2.75) is 5.37 Å². The summed E-state index contributed by atoms with van der Waals surface area (Å²) in [4.78, 5) is 34.6. The molecule has 1 aliphatic heterocycles. The van der Waals surface area contributed by atoms with Gasteiger partial charge in [0.1, 0.15) is 11.1 Å². The molecule has 1 aromatic carbocycles. The molecule has 0 N–H and O–H groups in total. The van der Waals surface area contributed by atoms with Crippen molar-refractivity contribution in [2.75, 3.05) is 12.3 Å². The molecule has 0 saturated carbocycles. The maximum atomic E-state index is 12.7. The number of carbonyl (C=O) groups is 1. The largest absolute Gasteiger partial charge is 0.466 e. The Morgan fingerprint density at radius 1 is 1.21 bits per heavy atom. The number of furan rings is 1. The number of rotatable bonds is 4. The van der Waals surface area contributed by atoms with E-state index in [0.717, 1.165) is 18.2 Å². The molecule has 24 heavy (non-hydrogen) atoms. The van der Waals surface area contributed by atoms with Gasteiger partial charge in [-0.2, -0.15) is 0 Å². The molecule has 1 fully saturated rings. The van der Waals surface area contributed by atoms with Gasteiger partial charge in [-0.15, -0.1) is 11.8 Å². The number of non-ortho nitro benzene ring substituents is 2. The average Bonchev–Trinajstić information content (AvgIpc) is 3.24. The van der Waals surface area contributed by atoms with Crippen molar-refractivity contribution in [1.29, 1.82) is 0 Å². The van der Waals surface area contributed by atoms with Gasteiger partial charge in [-0.3, -0.25) is 25.0 Å². The van der Waals surface area contributed by atoms with Crippen molar-refractivity contribution in [3.63, 3.8) is 0 Å². The van der Waals surface area contributed by atoms with E-state index in [4.69, 9.17) is 4.42 Å². The summed E-state index contributed by atoms with van der Waals surface area (Å²) in [7, 11) is 0. The van der Waals surface area contributed by atoms with Crippen LogP contribution in [0.15, 0.2) is 41.0 Å². The van der Waals surface area contributed by atoms with Crippen LogP contribution in [0.3, 0.4) is 0 Å². The highest BCUT2D eigenvalue weighted by Crippen LogP contribution is 2.39. The van der Waals surface area contributed by atoms with Gasteiger partial charge in [0.05, 0.1) is 27.7 Å². The van der Waals surface area contributed by atoms with Gasteiger partial charge >= 0.3 is 0 Å². The fraction of sp³-hybridized carbons (Fsp3) is 0.214. The third-order valence-electron chi connectivity index (χ3n) is 3.51. The molecule has 124 valence electrons. The van der Waals surface area contributed by atoms with Gasteiger partial charge in [-0.25, -0.2) is 0 Å². The third kappa shape index (κ3) is 2.95. The number of hydrogen-bond donors (Lipinski definition) is 0. The number of carbonyl (C=O) groups excluding carboxylic acids is 1. The Labute approximate surface area is 139 Å². The number of nitro benzene ring substituents is 2. The maximum Gasteiger partial charge on any atom is 0.277 e. The Kier molecular flexibility index (Phi) is 4.21. The second-order valence-corrected chi connectivity index (χ2v) is 6.18. The van der Waals surface area contributed by atoms with E-state index in [1.54, 1.807) is 12.1 Å². The van der Waals surface area contributed by atoms with Crippen molar-refractivity contribution in [2.24, 2.45) is 0 Å². The normalized spacial score (nSPS) is 17.0. The highest BCUT2D eigenvalue weighted by atomic mass is 32.2. The first kappa shape index (κ1) is 16.0. The SMILES string of the molecule is O=C(c1cc([N+](=O)[O-])cc([N+](=O)[O-])c1)N1CCS[C@H]1c1ccco1. The minimum absolute atomic E-state index is 0.0880. The third-order valence-corrected chi connectivity index (χ3v) is 4.73. The predicted molar refractivity (Wildman–Crippen MR) is 84.7 cm³/mol. The van der Waals surface area contributed by atoms with Crippen LogP contribution in [0.25, 0.3) is 0 Å². The summed E-state index contributed by atoms with van der Waals surface area (Å²) in [6.07, 6.45) is 1.50. The summed E-state index contributed by atoms with van der Waals surface area (Å²) in [5, 5.41) is 21.6. The Morgan fingerprint density at radius 2 is 1.88 bits per heavy atom. The first-order chi connectivity index (χ1) is 11.5. The van der Waals surface area contributed by atoms with E-state index in [1.165, 1.54) is 22.9 Å². The molecular formula is C14H11N3O6S. The van der Waals surface area contributed by atoms with Gasteiger partial charge in [0, 0.05) is 24.4 Å². The van der Waals surface area contributed by atoms with Crippen LogP contribution in [-0.4, -0.2) is 33.0 Å². The molecule has 1 saturated heterocycles. The second-order valence-electron chi connectivity index (χ2n) is 4.99. The van der Waals surface area contributed by atoms with Crippen molar-refractivity contribution in [1.82, 2.24) is 4.90 Å². The lowest BCUT2D eigenvalue weighted by molar-refractivity contribution is -0.394. The van der Waals surface area contributed by atoms with Crippen LogP contribution < -0.4 is 0 Å². The summed E-state index contributed by atoms with van der Waals surface area (Å²) >= 11 is 1.50. The molecule has 0 aliphatic carbocycles. The maximum absolute atomic E-state index is 12.7. The molecule has 1 aromatic heterocycles. The van der Waals surface area contributed by atoms with Crippen LogP contribution in [0.1, 0.15) is 21.5 Å². The van der Waals surface area contributed by atoms with E-state index in [9.17, 15) is 25.0 Å². The van der Waals surface area contributed by atoms with Crippen LogP contribution in [-0.2, 0) is 0 Å². The number of hydrogen-bond acceptors (Lipinski definition) is 7. The number of nitro groups is 2. The van der Waals surface area contributed by atoms with Gasteiger partial charge < -0.3 is 9.32 Å². The number of amides is 1. The smallest absolute Gasteiger partial charge is 0.277 e. The topological polar surface area (TPSA) is 120 Å². The second kappa shape index (κ2) is 6.32. The van der Waals surface area contributed by atoms with E-state index >= 15 is 0 Å². The molecule has 1 amide bonds. The van der Waals surface area contributed by atoms with Crippen LogP contribution in [0.5, 0.6) is 0 Å². The minimum atomic E-state index is -0.757. The zero-order valence-corrected chi connectivity index (χ0v) is 13.0. The van der Waals surface area contributed by atoms with Crippen LogP contribution >= 0.6 is 11.8 Å². The molecule has 9 nitrogen and oxygen atoms in total. The highest BCUT2D eigenvalue weighted by molar-refractivity contribution is 7.99. The Bertz CT molecular complexity index is 775. The molecule has 1 atom stereocenters. The summed E-state index contributed by atoms with van der Waals surface area (Å²) < 4.78 is 5.33. The van der Waals surface area contributed by atoms with Crippen molar-refractivity contribution in [3.8, 4) is 0 Å². The van der Waals surface area contributed by atoms with Gasteiger partial charge in [-0.1, -0.05) is 0 Å². The fourth-order valence-corrected chi connectivity index (χ4v) is 3.65. The molecule has 1 aliphatic rings. The molecule has 0 spiro atoms. The van der Waals surface area contributed by atoms with Crippen LogP contribution in [0.4, 0.5) is 11.4 Å². The van der Waals surface area contributed by atoms with E-state index < -0.39 is 27.1 Å². The molecule has 3 rings (SSSR count). The molecule has 2 heterocycles. The van der Waals surface area contributed by atoms with Gasteiger partial charge in [-0.05, 0) is 12.1 Å². The number of nitrogens with zero attached hydrogens (tertiary/aromatic N) is 3. The van der Waals surface area contributed by atoms with E-state index in [0.29, 0.717) is 18.1 Å². The highest BCUT2D eigenvalue weighted by Gasteiger charge is 2.34. The van der Waals surface area contributed by atoms with E-state index in [-0.39, 0.29) is 10.9 Å². The number of thioether (sulfide) groups is 1. The Morgan fingerprint density at radius 3 is 2.42 bits per heavy atom. The predicted octanol–water partition coefficient (Wildman–Crippen LogP) is 2.98. The zero-order valence-electron chi connectivity index (χ0n) is 12.2. The standard InChI is InChI=1S/C14H11N3O6S/c18-13(15-3-5-24-14(15)12-2-1-4-23-12)9-6-10(16(19)20)8-11(7-9)17(21)22/h1-2,4,6-8,14H,3,5H2/t14-/m0/s1. The van der Waals surface area contributed by atoms with E-state index in [1.807, 2.05) is 0 Å². The Balaban J connectivity index is 1.97. The monoisotopic (exact) mass is 349 g/mol. The first-order valence-corrected chi connectivity index (χ1v) is 7.92. The summed E-state index contributed by atoms with van der Waals surface area (Å²) in [5.74, 6) is 0.757. The lowest BCUT2D eigenvalue weighted by Crippen LogP contribution is -2.30. The minimum Gasteiger partial charge on any atom is -0.466 e. The first-order valence-electron chi connectivity index (χ1n) is 6.87. The zero-order chi connectivity index (χ0) is 17.3. The lowest BCUT2D eigenvalue weighted by atomic mass is 10.1. The van der Waals surface area contributed by atoms with Crippen molar-refractivity contribution < 1.29 is 19.1 Å². The molecule has 0 radical (unpaired) electrons. The van der Waals surface area contributed by atoms with Crippen molar-refractivity contribution >= 4 is 29.0 Å². The summed E-state index contributed by atoms with van der Waals surface area (Å²) in [6.45, 7) is 0.422. The van der Waals surface area contributed by atoms with Gasteiger partial charge in [0.15, 0.2) is 0 Å². The molecule has 10 heteroatoms. The fourth-order valence-electron chi connectivity index (χ4n) is 2.44. The lowest BCUT2D eigenvalue weighted by Gasteiger charge is -2.22. The Hall–Kier alpha value is -2.88. The van der Waals surface area contributed by atoms with Crippen LogP contribution in [0, 0.1) is 20.2 Å².